The number of carbonyl (C=O) groups is 1. The van der Waals surface area contributed by atoms with Gasteiger partial charge in [-0.3, -0.25) is 4.79 Å². The molecule has 1 atom stereocenters. The Labute approximate surface area is 216 Å². The minimum Gasteiger partial charge on any atom is -0.369 e. The topological polar surface area (TPSA) is 67.5 Å². The van der Waals surface area contributed by atoms with E-state index in [-0.39, 0.29) is 17.7 Å². The molecule has 0 aromatic heterocycles. The monoisotopic (exact) mass is 481 g/mol. The highest BCUT2D eigenvalue weighted by Crippen LogP contribution is 2.36. The number of nitrogens with two attached hydrogens (primary N) is 1. The molecule has 180 valence electrons. The highest BCUT2D eigenvalue weighted by atomic mass is 16.1. The number of nitrogens with one attached hydrogen (secondary N) is 1. The van der Waals surface area contributed by atoms with Gasteiger partial charge in [-0.25, -0.2) is 4.99 Å². The smallest absolute Gasteiger partial charge is 0.198 e. The second kappa shape index (κ2) is 9.75. The highest BCUT2D eigenvalue weighted by Gasteiger charge is 2.29. The van der Waals surface area contributed by atoms with Crippen LogP contribution in [0.4, 0.5) is 5.69 Å². The van der Waals surface area contributed by atoms with Crippen LogP contribution in [0.25, 0.3) is 22.9 Å². The van der Waals surface area contributed by atoms with Crippen LogP contribution in [0.5, 0.6) is 0 Å². The van der Waals surface area contributed by atoms with Crippen molar-refractivity contribution in [1.82, 2.24) is 5.32 Å². The summed E-state index contributed by atoms with van der Waals surface area (Å²) in [6, 6.07) is 30.6. The first-order chi connectivity index (χ1) is 18.2. The van der Waals surface area contributed by atoms with E-state index in [4.69, 9.17) is 5.73 Å². The van der Waals surface area contributed by atoms with Gasteiger partial charge in [-0.1, -0.05) is 109 Å². The Hall–Kier alpha value is -4.70. The minimum atomic E-state index is -0.272. The van der Waals surface area contributed by atoms with Crippen LogP contribution in [0, 0.1) is 5.92 Å². The summed E-state index contributed by atoms with van der Waals surface area (Å²) in [6.07, 6.45) is 9.49. The van der Waals surface area contributed by atoms with Crippen LogP contribution < -0.4 is 11.1 Å². The van der Waals surface area contributed by atoms with Crippen LogP contribution in [-0.2, 0) is 17.6 Å². The average Bonchev–Trinajstić information content (AvgIpc) is 3.35. The van der Waals surface area contributed by atoms with Crippen LogP contribution in [0.1, 0.15) is 22.3 Å². The molecule has 0 radical (unpaired) electrons. The molecule has 0 heterocycles. The largest absolute Gasteiger partial charge is 0.369 e. The van der Waals surface area contributed by atoms with Crippen molar-refractivity contribution < 1.29 is 4.79 Å². The lowest BCUT2D eigenvalue weighted by atomic mass is 9.81. The number of benzene rings is 4. The minimum absolute atomic E-state index is 0.0278. The van der Waals surface area contributed by atoms with E-state index in [0.717, 1.165) is 28.6 Å². The number of carbonyl (C=O) groups excluding carboxylic acids is 1. The first-order valence-corrected chi connectivity index (χ1v) is 12.5. The Morgan fingerprint density at radius 2 is 1.49 bits per heavy atom. The number of guanidine groups is 1. The van der Waals surface area contributed by atoms with Crippen molar-refractivity contribution in [2.24, 2.45) is 16.6 Å². The standard InChI is InChI=1S/C33H27N3O/c34-33(35-29-18-16-25-15-14-24-12-7-13-27(29)31(24)25)36-30-19-17-26(20-22-8-3-1-4-9-22)28(32(30)37)21-23-10-5-2-6-11-23/h1-19,28H,20-21H2,(H3,34,35,36). The number of Topliss-reactive ketones (excluding diaryl/α,β-unsaturated/α-hetero) is 1. The van der Waals surface area contributed by atoms with Crippen LogP contribution in [-0.4, -0.2) is 11.7 Å². The molecule has 0 saturated carbocycles. The fourth-order valence-corrected chi connectivity index (χ4v) is 5.23. The molecule has 2 aliphatic carbocycles. The molecule has 0 spiro atoms. The molecule has 0 bridgehead atoms. The zero-order chi connectivity index (χ0) is 25.2. The summed E-state index contributed by atoms with van der Waals surface area (Å²) >= 11 is 0. The third-order valence-electron chi connectivity index (χ3n) is 7.06. The second-order valence-corrected chi connectivity index (χ2v) is 9.49. The van der Waals surface area contributed by atoms with Crippen molar-refractivity contribution >= 4 is 40.4 Å². The van der Waals surface area contributed by atoms with Crippen molar-refractivity contribution in [3.05, 3.63) is 137 Å². The summed E-state index contributed by atoms with van der Waals surface area (Å²) in [5.41, 5.74) is 13.4. The number of hydrogen-bond acceptors (Lipinski definition) is 2. The van der Waals surface area contributed by atoms with E-state index >= 15 is 0 Å². The van der Waals surface area contributed by atoms with Gasteiger partial charge in [-0.05, 0) is 52.6 Å². The summed E-state index contributed by atoms with van der Waals surface area (Å²) in [6.45, 7) is 0. The number of rotatable bonds is 6. The molecule has 0 amide bonds. The summed E-state index contributed by atoms with van der Waals surface area (Å²) in [4.78, 5) is 18.4. The summed E-state index contributed by atoms with van der Waals surface area (Å²) in [5.74, 6) is -0.0459. The van der Waals surface area contributed by atoms with E-state index in [9.17, 15) is 4.79 Å². The number of hydrogen-bond donors (Lipinski definition) is 2. The van der Waals surface area contributed by atoms with Gasteiger partial charge in [0.15, 0.2) is 11.7 Å². The second-order valence-electron chi connectivity index (χ2n) is 9.49. The van der Waals surface area contributed by atoms with Crippen LogP contribution in [0.15, 0.2) is 119 Å². The van der Waals surface area contributed by atoms with E-state index in [1.807, 2.05) is 54.6 Å². The summed E-state index contributed by atoms with van der Waals surface area (Å²) in [7, 11) is 0. The number of aliphatic imine (C=N–C) groups is 1. The van der Waals surface area contributed by atoms with E-state index < -0.39 is 0 Å². The quantitative estimate of drug-likeness (QED) is 0.219. The molecule has 3 N–H and O–H groups in total. The fourth-order valence-electron chi connectivity index (χ4n) is 5.23. The fraction of sp³-hybridized carbons (Fsp3) is 0.0909. The predicted octanol–water partition coefficient (Wildman–Crippen LogP) is 6.35. The third kappa shape index (κ3) is 4.62. The molecule has 4 aromatic carbocycles. The van der Waals surface area contributed by atoms with Gasteiger partial charge in [0, 0.05) is 11.3 Å². The maximum absolute atomic E-state index is 13.7. The molecule has 1 unspecified atom stereocenters. The Morgan fingerprint density at radius 1 is 0.784 bits per heavy atom. The molecular weight excluding hydrogens is 454 g/mol. The number of nitrogens with zero attached hydrogens (tertiary/aromatic N) is 1. The molecule has 0 saturated heterocycles. The van der Waals surface area contributed by atoms with Crippen molar-refractivity contribution in [3.8, 4) is 0 Å². The lowest BCUT2D eigenvalue weighted by molar-refractivity contribution is -0.118. The zero-order valence-electron chi connectivity index (χ0n) is 20.4. The highest BCUT2D eigenvalue weighted by molar-refractivity contribution is 6.10. The first-order valence-electron chi connectivity index (χ1n) is 12.5. The maximum atomic E-state index is 13.7. The normalized spacial score (nSPS) is 16.6. The Kier molecular flexibility index (Phi) is 5.99. The summed E-state index contributed by atoms with van der Waals surface area (Å²) in [5, 5.41) is 5.33. The van der Waals surface area contributed by atoms with Gasteiger partial charge in [0.2, 0.25) is 0 Å². The molecule has 0 aliphatic heterocycles. The molecule has 4 nitrogen and oxygen atoms in total. The van der Waals surface area contributed by atoms with Gasteiger partial charge in [-0.15, -0.1) is 0 Å². The lowest BCUT2D eigenvalue weighted by Gasteiger charge is -2.25. The maximum Gasteiger partial charge on any atom is 0.198 e. The molecule has 37 heavy (non-hydrogen) atoms. The molecule has 6 rings (SSSR count). The number of ketones is 1. The van der Waals surface area contributed by atoms with Crippen LogP contribution in [0.3, 0.4) is 0 Å². The van der Waals surface area contributed by atoms with Crippen LogP contribution >= 0.6 is 0 Å². The third-order valence-corrected chi connectivity index (χ3v) is 7.06. The Balaban J connectivity index is 1.29. The van der Waals surface area contributed by atoms with E-state index in [0.29, 0.717) is 12.1 Å². The van der Waals surface area contributed by atoms with Gasteiger partial charge in [-0.2, -0.15) is 0 Å². The molecule has 0 fully saturated rings. The lowest BCUT2D eigenvalue weighted by Crippen LogP contribution is -2.38. The molecule has 4 aromatic rings. The average molecular weight is 482 g/mol. The van der Waals surface area contributed by atoms with Crippen molar-refractivity contribution in [3.63, 3.8) is 0 Å². The SMILES string of the molecule is NC(=Nc1ccc2c3c(cccc13)C=C2)NC1=CC=C(Cc2ccccc2)C(Cc2ccccc2)C1=O. The van der Waals surface area contributed by atoms with Gasteiger partial charge in [0.1, 0.15) is 0 Å². The zero-order valence-corrected chi connectivity index (χ0v) is 20.4. The first kappa shape index (κ1) is 22.7. The van der Waals surface area contributed by atoms with Crippen molar-refractivity contribution in [2.45, 2.75) is 12.8 Å². The van der Waals surface area contributed by atoms with E-state index in [2.05, 4.69) is 71.0 Å². The van der Waals surface area contributed by atoms with Gasteiger partial charge >= 0.3 is 0 Å². The molecule has 2 aliphatic rings. The van der Waals surface area contributed by atoms with E-state index in [1.54, 1.807) is 0 Å². The van der Waals surface area contributed by atoms with Gasteiger partial charge < -0.3 is 11.1 Å². The van der Waals surface area contributed by atoms with Crippen LogP contribution in [0.2, 0.25) is 0 Å². The Bertz CT molecular complexity index is 1600. The van der Waals surface area contributed by atoms with E-state index in [1.165, 1.54) is 22.1 Å². The van der Waals surface area contributed by atoms with Crippen molar-refractivity contribution in [2.75, 3.05) is 0 Å². The number of allylic oxidation sites excluding steroid dienone is 4. The predicted molar refractivity (Wildman–Crippen MR) is 152 cm³/mol. The molecular formula is C33H27N3O. The Morgan fingerprint density at radius 3 is 2.24 bits per heavy atom. The van der Waals surface area contributed by atoms with Crippen molar-refractivity contribution in [1.29, 1.82) is 0 Å². The van der Waals surface area contributed by atoms with Gasteiger partial charge in [0.25, 0.3) is 0 Å². The molecule has 4 heteroatoms. The summed E-state index contributed by atoms with van der Waals surface area (Å²) < 4.78 is 0. The van der Waals surface area contributed by atoms with Gasteiger partial charge in [0.05, 0.1) is 11.4 Å².